The highest BCUT2D eigenvalue weighted by Gasteiger charge is 2.22. The van der Waals surface area contributed by atoms with Crippen molar-refractivity contribution >= 4 is 17.9 Å². The first kappa shape index (κ1) is 15.3. The summed E-state index contributed by atoms with van der Waals surface area (Å²) in [5.74, 6) is -1.75. The van der Waals surface area contributed by atoms with E-state index in [0.717, 1.165) is 25.7 Å². The maximum absolute atomic E-state index is 11.7. The van der Waals surface area contributed by atoms with Crippen LogP contribution in [0.3, 0.4) is 0 Å². The smallest absolute Gasteiger partial charge is 0.326 e. The largest absolute Gasteiger partial charge is 0.480 e. The Bertz CT molecular complexity index is 340. The first-order chi connectivity index (χ1) is 8.99. The van der Waals surface area contributed by atoms with Gasteiger partial charge in [0.1, 0.15) is 6.04 Å². The van der Waals surface area contributed by atoms with Crippen LogP contribution >= 0.6 is 0 Å². The number of nitrogens with two attached hydrogens (primary N) is 1. The van der Waals surface area contributed by atoms with E-state index in [1.807, 2.05) is 0 Å². The molecule has 1 unspecified atom stereocenters. The Morgan fingerprint density at radius 2 is 1.84 bits per heavy atom. The number of urea groups is 1. The monoisotopic (exact) mass is 271 g/mol. The minimum atomic E-state index is -1.17. The fourth-order valence-electron chi connectivity index (χ4n) is 2.18. The standard InChI is InChI=1S/C12H21N3O4/c13-10(16)7-6-9(11(17)18)15-12(19)14-8-4-2-1-3-5-8/h8-9H,1-7H2,(H2,13,16)(H,17,18)(H2,14,15,19). The molecule has 0 aromatic heterocycles. The molecule has 0 aromatic rings. The summed E-state index contributed by atoms with van der Waals surface area (Å²) >= 11 is 0. The Morgan fingerprint density at radius 3 is 2.37 bits per heavy atom. The Hall–Kier alpha value is -1.79. The molecule has 7 heteroatoms. The van der Waals surface area contributed by atoms with Gasteiger partial charge < -0.3 is 21.5 Å². The number of amides is 3. The molecule has 5 N–H and O–H groups in total. The molecule has 1 saturated carbocycles. The number of hydrogen-bond donors (Lipinski definition) is 4. The second-order valence-electron chi connectivity index (χ2n) is 4.85. The van der Waals surface area contributed by atoms with Gasteiger partial charge in [0.2, 0.25) is 5.91 Å². The van der Waals surface area contributed by atoms with Gasteiger partial charge in [0.05, 0.1) is 0 Å². The van der Waals surface area contributed by atoms with E-state index in [1.165, 1.54) is 6.42 Å². The van der Waals surface area contributed by atoms with Gasteiger partial charge in [-0.15, -0.1) is 0 Å². The highest BCUT2D eigenvalue weighted by atomic mass is 16.4. The molecule has 1 aliphatic carbocycles. The summed E-state index contributed by atoms with van der Waals surface area (Å²) < 4.78 is 0. The van der Waals surface area contributed by atoms with E-state index in [4.69, 9.17) is 10.8 Å². The third kappa shape index (κ3) is 6.08. The van der Waals surface area contributed by atoms with E-state index in [2.05, 4.69) is 10.6 Å². The van der Waals surface area contributed by atoms with E-state index < -0.39 is 23.9 Å². The third-order valence-electron chi connectivity index (χ3n) is 3.22. The molecule has 1 rings (SSSR count). The maximum Gasteiger partial charge on any atom is 0.326 e. The molecule has 0 aromatic carbocycles. The lowest BCUT2D eigenvalue weighted by Gasteiger charge is -2.24. The van der Waals surface area contributed by atoms with Crippen molar-refractivity contribution in [3.8, 4) is 0 Å². The third-order valence-corrected chi connectivity index (χ3v) is 3.22. The number of rotatable bonds is 6. The molecule has 3 amide bonds. The lowest BCUT2D eigenvalue weighted by molar-refractivity contribution is -0.139. The molecule has 0 bridgehead atoms. The minimum absolute atomic E-state index is 0.00273. The van der Waals surface area contributed by atoms with Gasteiger partial charge in [-0.2, -0.15) is 0 Å². The van der Waals surface area contributed by atoms with Crippen molar-refractivity contribution in [1.82, 2.24) is 10.6 Å². The van der Waals surface area contributed by atoms with Crippen LogP contribution in [0.15, 0.2) is 0 Å². The Balaban J connectivity index is 2.37. The molecule has 19 heavy (non-hydrogen) atoms. The van der Waals surface area contributed by atoms with Crippen molar-refractivity contribution in [2.24, 2.45) is 5.73 Å². The van der Waals surface area contributed by atoms with Gasteiger partial charge >= 0.3 is 12.0 Å². The van der Waals surface area contributed by atoms with Gasteiger partial charge in [0.25, 0.3) is 0 Å². The summed E-state index contributed by atoms with van der Waals surface area (Å²) in [5, 5.41) is 14.1. The summed E-state index contributed by atoms with van der Waals surface area (Å²) in [5.41, 5.74) is 4.96. The van der Waals surface area contributed by atoms with Crippen LogP contribution < -0.4 is 16.4 Å². The van der Waals surface area contributed by atoms with Crippen LogP contribution in [-0.4, -0.2) is 35.1 Å². The quantitative estimate of drug-likeness (QED) is 0.556. The molecular formula is C12H21N3O4. The lowest BCUT2D eigenvalue weighted by Crippen LogP contribution is -2.49. The van der Waals surface area contributed by atoms with E-state index in [9.17, 15) is 14.4 Å². The Kier molecular flexibility index (Phi) is 6.11. The zero-order chi connectivity index (χ0) is 14.3. The van der Waals surface area contributed by atoms with Crippen LogP contribution in [0.5, 0.6) is 0 Å². The molecule has 0 heterocycles. The number of primary amides is 1. The number of nitrogens with one attached hydrogen (secondary N) is 2. The van der Waals surface area contributed by atoms with Crippen LogP contribution in [-0.2, 0) is 9.59 Å². The van der Waals surface area contributed by atoms with Crippen molar-refractivity contribution in [1.29, 1.82) is 0 Å². The number of hydrogen-bond acceptors (Lipinski definition) is 3. The Morgan fingerprint density at radius 1 is 1.21 bits per heavy atom. The molecule has 7 nitrogen and oxygen atoms in total. The fourth-order valence-corrected chi connectivity index (χ4v) is 2.18. The van der Waals surface area contributed by atoms with E-state index in [-0.39, 0.29) is 18.9 Å². The van der Waals surface area contributed by atoms with E-state index in [1.54, 1.807) is 0 Å². The first-order valence-electron chi connectivity index (χ1n) is 6.57. The number of carboxylic acids is 1. The summed E-state index contributed by atoms with van der Waals surface area (Å²) in [4.78, 5) is 33.2. The zero-order valence-corrected chi connectivity index (χ0v) is 10.9. The SMILES string of the molecule is NC(=O)CCC(NC(=O)NC1CCCCC1)C(=O)O. The van der Waals surface area contributed by atoms with Crippen molar-refractivity contribution in [2.75, 3.05) is 0 Å². The predicted molar refractivity (Wildman–Crippen MR) is 68.4 cm³/mol. The molecule has 0 spiro atoms. The summed E-state index contributed by atoms with van der Waals surface area (Å²) in [6.45, 7) is 0. The van der Waals surface area contributed by atoms with Gasteiger partial charge in [-0.3, -0.25) is 4.79 Å². The second-order valence-corrected chi connectivity index (χ2v) is 4.85. The van der Waals surface area contributed by atoms with Crippen molar-refractivity contribution in [2.45, 2.75) is 57.0 Å². The van der Waals surface area contributed by atoms with E-state index in [0.29, 0.717) is 0 Å². The maximum atomic E-state index is 11.7. The summed E-state index contributed by atoms with van der Waals surface area (Å²) in [6, 6.07) is -1.47. The van der Waals surface area contributed by atoms with Gasteiger partial charge in [0.15, 0.2) is 0 Å². The highest BCUT2D eigenvalue weighted by Crippen LogP contribution is 2.17. The molecule has 0 radical (unpaired) electrons. The van der Waals surface area contributed by atoms with Crippen LogP contribution in [0.4, 0.5) is 4.79 Å². The van der Waals surface area contributed by atoms with Gasteiger partial charge in [0, 0.05) is 12.5 Å². The number of carbonyl (C=O) groups excluding carboxylic acids is 2. The van der Waals surface area contributed by atoms with Gasteiger partial charge in [-0.05, 0) is 19.3 Å². The van der Waals surface area contributed by atoms with Crippen molar-refractivity contribution in [3.05, 3.63) is 0 Å². The van der Waals surface area contributed by atoms with E-state index >= 15 is 0 Å². The second kappa shape index (κ2) is 7.60. The van der Waals surface area contributed by atoms with Crippen molar-refractivity contribution in [3.63, 3.8) is 0 Å². The number of aliphatic carboxylic acids is 1. The first-order valence-corrected chi connectivity index (χ1v) is 6.57. The minimum Gasteiger partial charge on any atom is -0.480 e. The van der Waals surface area contributed by atoms with Gasteiger partial charge in [-0.25, -0.2) is 9.59 Å². The van der Waals surface area contributed by atoms with Crippen LogP contribution in [0.1, 0.15) is 44.9 Å². The van der Waals surface area contributed by atoms with Crippen molar-refractivity contribution < 1.29 is 19.5 Å². The average molecular weight is 271 g/mol. The molecule has 1 fully saturated rings. The summed E-state index contributed by atoms with van der Waals surface area (Å²) in [6.07, 6.45) is 5.11. The normalized spacial score (nSPS) is 17.5. The predicted octanol–water partition coefficient (Wildman–Crippen LogP) is 0.337. The zero-order valence-electron chi connectivity index (χ0n) is 10.9. The van der Waals surface area contributed by atoms with Crippen LogP contribution in [0.2, 0.25) is 0 Å². The molecule has 1 atom stereocenters. The topological polar surface area (TPSA) is 122 Å². The lowest BCUT2D eigenvalue weighted by atomic mass is 9.96. The molecular weight excluding hydrogens is 250 g/mol. The highest BCUT2D eigenvalue weighted by molar-refractivity contribution is 5.83. The molecule has 108 valence electrons. The fraction of sp³-hybridized carbons (Fsp3) is 0.750. The molecule has 0 aliphatic heterocycles. The van der Waals surface area contributed by atoms with Crippen LogP contribution in [0.25, 0.3) is 0 Å². The molecule has 0 saturated heterocycles. The average Bonchev–Trinajstić information content (AvgIpc) is 2.35. The Labute approximate surface area is 111 Å². The summed E-state index contributed by atoms with van der Waals surface area (Å²) in [7, 11) is 0. The van der Waals surface area contributed by atoms with Gasteiger partial charge in [-0.1, -0.05) is 19.3 Å². The van der Waals surface area contributed by atoms with Crippen LogP contribution in [0, 0.1) is 0 Å². The number of carbonyl (C=O) groups is 3. The number of carboxylic acid groups (broad SMARTS) is 1. The molecule has 1 aliphatic rings.